The highest BCUT2D eigenvalue weighted by molar-refractivity contribution is 6.76. The van der Waals surface area contributed by atoms with Gasteiger partial charge in [0.15, 0.2) is 0 Å². The van der Waals surface area contributed by atoms with Crippen molar-refractivity contribution in [2.24, 2.45) is 5.92 Å². The van der Waals surface area contributed by atoms with Crippen molar-refractivity contribution in [3.63, 3.8) is 0 Å². The van der Waals surface area contributed by atoms with Crippen molar-refractivity contribution in [2.75, 3.05) is 26.9 Å². The normalized spacial score (nSPS) is 18.9. The van der Waals surface area contributed by atoms with E-state index in [0.717, 1.165) is 38.5 Å². The van der Waals surface area contributed by atoms with E-state index < -0.39 is 32.0 Å². The highest BCUT2D eigenvalue weighted by Gasteiger charge is 2.27. The second kappa shape index (κ2) is 11.0. The highest BCUT2D eigenvalue weighted by atomic mass is 28.3. The van der Waals surface area contributed by atoms with Crippen molar-refractivity contribution >= 4 is 20.3 Å². The fraction of sp³-hybridized carbons (Fsp3) is 0.900. The van der Waals surface area contributed by atoms with Crippen LogP contribution in [0.5, 0.6) is 0 Å². The second-order valence-electron chi connectivity index (χ2n) is 9.86. The van der Waals surface area contributed by atoms with Gasteiger partial charge in [0.25, 0.3) is 0 Å². The van der Waals surface area contributed by atoms with E-state index >= 15 is 0 Å². The molecule has 0 aromatic rings. The lowest BCUT2D eigenvalue weighted by Gasteiger charge is -2.31. The van der Waals surface area contributed by atoms with Gasteiger partial charge in [0.2, 0.25) is 0 Å². The molecule has 0 aromatic heterocycles. The lowest BCUT2D eigenvalue weighted by atomic mass is 9.96. The first-order chi connectivity index (χ1) is 12.9. The summed E-state index contributed by atoms with van der Waals surface area (Å²) < 4.78 is 16.3. The Morgan fingerprint density at radius 2 is 1.96 bits per heavy atom. The molecule has 2 atom stereocenters. The second-order valence-corrected chi connectivity index (χ2v) is 15.5. The van der Waals surface area contributed by atoms with Crippen molar-refractivity contribution in [1.29, 1.82) is 0 Å². The molecule has 2 amide bonds. The third kappa shape index (κ3) is 10.9. The quantitative estimate of drug-likeness (QED) is 0.467. The standard InChI is InChI=1S/C20H40N2O5Si/c1-20(2,3)27-18(23)21-17(11-10-16-9-8-12-25-15-16)22(4)19(24)26-13-14-28(5,6)7/h16-17H,8-15H2,1-7H3,(H,21,23)/t16?,17-/m0/s1. The van der Waals surface area contributed by atoms with Gasteiger partial charge in [-0.05, 0) is 58.4 Å². The van der Waals surface area contributed by atoms with Crippen LogP contribution in [0.2, 0.25) is 25.7 Å². The van der Waals surface area contributed by atoms with Gasteiger partial charge in [0, 0.05) is 28.3 Å². The number of hydrogen-bond donors (Lipinski definition) is 1. The monoisotopic (exact) mass is 416 g/mol. The van der Waals surface area contributed by atoms with Crippen LogP contribution in [0, 0.1) is 5.92 Å². The van der Waals surface area contributed by atoms with Crippen LogP contribution in [0.25, 0.3) is 0 Å². The molecule has 28 heavy (non-hydrogen) atoms. The maximum atomic E-state index is 12.5. The molecule has 1 unspecified atom stereocenters. The summed E-state index contributed by atoms with van der Waals surface area (Å²) in [5.41, 5.74) is -0.595. The Kier molecular flexibility index (Phi) is 9.76. The zero-order valence-electron chi connectivity index (χ0n) is 18.8. The summed E-state index contributed by atoms with van der Waals surface area (Å²) >= 11 is 0. The Balaban J connectivity index is 2.65. The number of carbonyl (C=O) groups is 2. The van der Waals surface area contributed by atoms with Crippen LogP contribution in [0.4, 0.5) is 9.59 Å². The van der Waals surface area contributed by atoms with E-state index in [1.165, 1.54) is 4.90 Å². The van der Waals surface area contributed by atoms with Gasteiger partial charge < -0.3 is 19.5 Å². The fourth-order valence-electron chi connectivity index (χ4n) is 2.91. The average molecular weight is 417 g/mol. The van der Waals surface area contributed by atoms with Crippen LogP contribution in [0.15, 0.2) is 0 Å². The predicted molar refractivity (Wildman–Crippen MR) is 113 cm³/mol. The van der Waals surface area contributed by atoms with Crippen LogP contribution >= 0.6 is 0 Å². The first-order valence-electron chi connectivity index (χ1n) is 10.3. The van der Waals surface area contributed by atoms with E-state index in [-0.39, 0.29) is 0 Å². The first-order valence-corrected chi connectivity index (χ1v) is 14.0. The van der Waals surface area contributed by atoms with Gasteiger partial charge in [-0.3, -0.25) is 4.90 Å². The van der Waals surface area contributed by atoms with E-state index in [4.69, 9.17) is 14.2 Å². The Hall–Kier alpha value is -1.28. The van der Waals surface area contributed by atoms with Gasteiger partial charge in [-0.1, -0.05) is 19.6 Å². The maximum Gasteiger partial charge on any atom is 0.411 e. The summed E-state index contributed by atoms with van der Waals surface area (Å²) in [5.74, 6) is 0.452. The van der Waals surface area contributed by atoms with Gasteiger partial charge in [-0.15, -0.1) is 0 Å². The summed E-state index contributed by atoms with van der Waals surface area (Å²) in [6, 6.07) is 0.913. The summed E-state index contributed by atoms with van der Waals surface area (Å²) in [5, 5.41) is 2.83. The van der Waals surface area contributed by atoms with E-state index in [9.17, 15) is 9.59 Å². The number of nitrogens with one attached hydrogen (secondary N) is 1. The van der Waals surface area contributed by atoms with Gasteiger partial charge in [-0.25, -0.2) is 9.59 Å². The Morgan fingerprint density at radius 3 is 2.50 bits per heavy atom. The smallest absolute Gasteiger partial charge is 0.411 e. The topological polar surface area (TPSA) is 77.1 Å². The van der Waals surface area contributed by atoms with E-state index in [1.54, 1.807) is 7.05 Å². The third-order valence-electron chi connectivity index (χ3n) is 4.62. The number of alkyl carbamates (subject to hydrolysis) is 1. The molecular formula is C20H40N2O5Si. The van der Waals surface area contributed by atoms with E-state index in [0.29, 0.717) is 18.9 Å². The molecule has 0 radical (unpaired) electrons. The molecule has 1 saturated heterocycles. The van der Waals surface area contributed by atoms with Crippen LogP contribution in [0.1, 0.15) is 46.5 Å². The molecule has 0 spiro atoms. The molecule has 1 heterocycles. The minimum Gasteiger partial charge on any atom is -0.450 e. The molecule has 0 aliphatic carbocycles. The summed E-state index contributed by atoms with van der Waals surface area (Å²) in [6.07, 6.45) is 2.25. The lowest BCUT2D eigenvalue weighted by Crippen LogP contribution is -2.50. The van der Waals surface area contributed by atoms with Crippen molar-refractivity contribution in [2.45, 2.75) is 83.9 Å². The lowest BCUT2D eigenvalue weighted by molar-refractivity contribution is 0.0341. The maximum absolute atomic E-state index is 12.5. The van der Waals surface area contributed by atoms with Gasteiger partial charge in [0.05, 0.1) is 6.61 Å². The average Bonchev–Trinajstić information content (AvgIpc) is 2.56. The minimum atomic E-state index is -1.28. The number of ether oxygens (including phenoxy) is 3. The van der Waals surface area contributed by atoms with Crippen molar-refractivity contribution in [3.05, 3.63) is 0 Å². The molecule has 0 saturated carbocycles. The number of carbonyl (C=O) groups excluding carboxylic acids is 2. The van der Waals surface area contributed by atoms with Crippen LogP contribution in [-0.2, 0) is 14.2 Å². The number of amides is 2. The van der Waals surface area contributed by atoms with E-state index in [1.807, 2.05) is 20.8 Å². The molecule has 1 aliphatic heterocycles. The molecule has 1 fully saturated rings. The molecule has 1 rings (SSSR count). The molecule has 1 N–H and O–H groups in total. The van der Waals surface area contributed by atoms with Gasteiger partial charge in [0.1, 0.15) is 11.8 Å². The molecule has 8 heteroatoms. The molecule has 7 nitrogen and oxygen atoms in total. The fourth-order valence-corrected chi connectivity index (χ4v) is 3.62. The van der Waals surface area contributed by atoms with Crippen LogP contribution in [0.3, 0.4) is 0 Å². The molecule has 0 aromatic carbocycles. The summed E-state index contributed by atoms with van der Waals surface area (Å²) in [6.45, 7) is 14.1. The van der Waals surface area contributed by atoms with Crippen LogP contribution < -0.4 is 5.32 Å². The highest BCUT2D eigenvalue weighted by Crippen LogP contribution is 2.21. The van der Waals surface area contributed by atoms with Gasteiger partial charge in [-0.2, -0.15) is 0 Å². The van der Waals surface area contributed by atoms with Crippen molar-refractivity contribution in [1.82, 2.24) is 10.2 Å². The predicted octanol–water partition coefficient (Wildman–Crippen LogP) is 4.45. The molecular weight excluding hydrogens is 376 g/mol. The summed E-state index contributed by atoms with van der Waals surface area (Å²) in [7, 11) is 0.387. The number of hydrogen-bond acceptors (Lipinski definition) is 5. The largest absolute Gasteiger partial charge is 0.450 e. The zero-order valence-corrected chi connectivity index (χ0v) is 19.8. The van der Waals surface area contributed by atoms with Crippen molar-refractivity contribution < 1.29 is 23.8 Å². The molecule has 0 bridgehead atoms. The summed E-state index contributed by atoms with van der Waals surface area (Å²) in [4.78, 5) is 26.2. The Bertz CT molecular complexity index is 496. The number of nitrogens with zero attached hydrogens (tertiary/aromatic N) is 1. The third-order valence-corrected chi connectivity index (χ3v) is 6.32. The Morgan fingerprint density at radius 1 is 1.29 bits per heavy atom. The molecule has 164 valence electrons. The van der Waals surface area contributed by atoms with Crippen LogP contribution in [-0.4, -0.2) is 63.8 Å². The van der Waals surface area contributed by atoms with Crippen molar-refractivity contribution in [3.8, 4) is 0 Å². The minimum absolute atomic E-state index is 0.411. The first kappa shape index (κ1) is 24.8. The SMILES string of the molecule is CN(C(=O)OCC[Si](C)(C)C)[C@@H](CCC1CCCOC1)NC(=O)OC(C)(C)C. The Labute approximate surface area is 171 Å². The van der Waals surface area contributed by atoms with E-state index in [2.05, 4.69) is 25.0 Å². The van der Waals surface area contributed by atoms with Gasteiger partial charge >= 0.3 is 12.2 Å². The zero-order chi connectivity index (χ0) is 21.4. The number of rotatable bonds is 8. The molecule has 1 aliphatic rings.